The van der Waals surface area contributed by atoms with Crippen LogP contribution in [0.3, 0.4) is 0 Å². The van der Waals surface area contributed by atoms with Crippen LogP contribution in [0.1, 0.15) is 29.8 Å². The lowest BCUT2D eigenvalue weighted by Crippen LogP contribution is -2.35. The van der Waals surface area contributed by atoms with Crippen molar-refractivity contribution in [1.29, 1.82) is 0 Å². The third-order valence-electron chi connectivity index (χ3n) is 3.47. The topological polar surface area (TPSA) is 92.9 Å². The Hall–Kier alpha value is -2.86. The van der Waals surface area contributed by atoms with Gasteiger partial charge in [0, 0.05) is 17.8 Å². The monoisotopic (exact) mass is 342 g/mol. The van der Waals surface area contributed by atoms with Gasteiger partial charge in [0.1, 0.15) is 12.3 Å². The van der Waals surface area contributed by atoms with E-state index < -0.39 is 18.4 Å². The number of anilines is 1. The van der Waals surface area contributed by atoms with Gasteiger partial charge in [-0.3, -0.25) is 14.5 Å². The van der Waals surface area contributed by atoms with Crippen LogP contribution in [0.15, 0.2) is 48.5 Å². The summed E-state index contributed by atoms with van der Waals surface area (Å²) in [5.74, 6) is -0.826. The lowest BCUT2D eigenvalue weighted by molar-refractivity contribution is -0.135. The number of carboxylic acid groups (broad SMARTS) is 1. The molecule has 1 amide bonds. The van der Waals surface area contributed by atoms with Crippen LogP contribution < -0.4 is 15.4 Å². The number of carbonyl (C=O) groups is 2. The second-order valence-corrected chi connectivity index (χ2v) is 5.85. The number of hydrogen-bond acceptors (Lipinski definition) is 4. The highest BCUT2D eigenvalue weighted by Gasteiger charge is 2.20. The number of benzene rings is 2. The maximum Gasteiger partial charge on any atom is 0.323 e. The van der Waals surface area contributed by atoms with E-state index in [1.54, 1.807) is 42.5 Å². The minimum absolute atomic E-state index is 0.0293. The molecule has 2 rings (SSSR count). The predicted molar refractivity (Wildman–Crippen MR) is 95.9 cm³/mol. The molecule has 0 saturated carbocycles. The molecule has 6 nitrogen and oxygen atoms in total. The number of ether oxygens (including phenoxy) is 1. The summed E-state index contributed by atoms with van der Waals surface area (Å²) in [5.41, 5.74) is 7.30. The Kier molecular flexibility index (Phi) is 6.14. The van der Waals surface area contributed by atoms with Gasteiger partial charge < -0.3 is 15.6 Å². The molecular weight excluding hydrogens is 320 g/mol. The zero-order chi connectivity index (χ0) is 18.4. The minimum Gasteiger partial charge on any atom is -0.491 e. The molecule has 0 aliphatic heterocycles. The first-order valence-electron chi connectivity index (χ1n) is 8.00. The van der Waals surface area contributed by atoms with Crippen molar-refractivity contribution in [3.8, 4) is 5.75 Å². The molecule has 0 radical (unpaired) electrons. The number of carbonyl (C=O) groups excluding carboxylic acids is 1. The molecule has 0 aliphatic carbocycles. The summed E-state index contributed by atoms with van der Waals surface area (Å²) in [5, 5.41) is 9.18. The largest absolute Gasteiger partial charge is 0.491 e. The maximum absolute atomic E-state index is 12.8. The van der Waals surface area contributed by atoms with Gasteiger partial charge in [0.05, 0.1) is 6.10 Å². The van der Waals surface area contributed by atoms with Crippen molar-refractivity contribution in [1.82, 2.24) is 0 Å². The van der Waals surface area contributed by atoms with Gasteiger partial charge in [0.25, 0.3) is 5.91 Å². The van der Waals surface area contributed by atoms with E-state index in [1.165, 1.54) is 4.90 Å². The number of amides is 1. The van der Waals surface area contributed by atoms with Crippen LogP contribution in [-0.2, 0) is 11.3 Å². The summed E-state index contributed by atoms with van der Waals surface area (Å²) in [6.07, 6.45) is 0.0293. The smallest absolute Gasteiger partial charge is 0.323 e. The Bertz CT molecular complexity index is 741. The number of hydrogen-bond donors (Lipinski definition) is 2. The molecule has 0 spiro atoms. The standard InChI is InChI=1S/C19H22N2O4/c1-13(2)25-17-8-6-16(7-9-17)21(12-18(22)23)19(24)15-5-3-4-14(10-15)11-20/h3-10,13H,11-12,20H2,1-2H3,(H,22,23). The Morgan fingerprint density at radius 2 is 1.84 bits per heavy atom. The van der Waals surface area contributed by atoms with Gasteiger partial charge in [-0.15, -0.1) is 0 Å². The zero-order valence-electron chi connectivity index (χ0n) is 14.3. The highest BCUT2D eigenvalue weighted by atomic mass is 16.5. The second-order valence-electron chi connectivity index (χ2n) is 5.85. The number of nitrogens with two attached hydrogens (primary N) is 1. The molecule has 0 aromatic heterocycles. The van der Waals surface area contributed by atoms with Crippen molar-refractivity contribution >= 4 is 17.6 Å². The maximum atomic E-state index is 12.8. The van der Waals surface area contributed by atoms with Crippen molar-refractivity contribution in [3.63, 3.8) is 0 Å². The highest BCUT2D eigenvalue weighted by Crippen LogP contribution is 2.22. The van der Waals surface area contributed by atoms with Crippen LogP contribution >= 0.6 is 0 Å². The van der Waals surface area contributed by atoms with Gasteiger partial charge in [-0.25, -0.2) is 0 Å². The molecular formula is C19H22N2O4. The Morgan fingerprint density at radius 1 is 1.16 bits per heavy atom. The van der Waals surface area contributed by atoms with Crippen LogP contribution in [0.4, 0.5) is 5.69 Å². The first-order valence-corrected chi connectivity index (χ1v) is 8.00. The van der Waals surface area contributed by atoms with Gasteiger partial charge in [-0.2, -0.15) is 0 Å². The molecule has 0 bridgehead atoms. The summed E-state index contributed by atoms with van der Waals surface area (Å²) < 4.78 is 5.57. The van der Waals surface area contributed by atoms with Crippen LogP contribution in [0.5, 0.6) is 5.75 Å². The summed E-state index contributed by atoms with van der Waals surface area (Å²) in [4.78, 5) is 25.2. The Morgan fingerprint density at radius 3 is 2.40 bits per heavy atom. The van der Waals surface area contributed by atoms with Crippen molar-refractivity contribution in [2.45, 2.75) is 26.5 Å². The van der Waals surface area contributed by atoms with E-state index in [0.717, 1.165) is 5.56 Å². The molecule has 0 heterocycles. The summed E-state index contributed by atoms with van der Waals surface area (Å²) in [6, 6.07) is 13.6. The van der Waals surface area contributed by atoms with Crippen molar-refractivity contribution in [2.24, 2.45) is 5.73 Å². The SMILES string of the molecule is CC(C)Oc1ccc(N(CC(=O)O)C(=O)c2cccc(CN)c2)cc1. The lowest BCUT2D eigenvalue weighted by atomic mass is 10.1. The molecule has 6 heteroatoms. The van der Waals surface area contributed by atoms with Crippen LogP contribution in [0.2, 0.25) is 0 Å². The first-order chi connectivity index (χ1) is 11.9. The number of carboxylic acids is 1. The van der Waals surface area contributed by atoms with Crippen molar-refractivity contribution in [3.05, 3.63) is 59.7 Å². The van der Waals surface area contributed by atoms with E-state index in [2.05, 4.69) is 0 Å². The highest BCUT2D eigenvalue weighted by molar-refractivity contribution is 6.08. The number of rotatable bonds is 7. The summed E-state index contributed by atoms with van der Waals surface area (Å²) >= 11 is 0. The molecule has 25 heavy (non-hydrogen) atoms. The van der Waals surface area contributed by atoms with Gasteiger partial charge in [0.2, 0.25) is 0 Å². The molecule has 0 atom stereocenters. The predicted octanol–water partition coefficient (Wildman–Crippen LogP) is 2.66. The Labute approximate surface area is 146 Å². The molecule has 2 aromatic rings. The van der Waals surface area contributed by atoms with E-state index in [-0.39, 0.29) is 6.10 Å². The van der Waals surface area contributed by atoms with Crippen LogP contribution in [0.25, 0.3) is 0 Å². The average Bonchev–Trinajstić information content (AvgIpc) is 2.59. The van der Waals surface area contributed by atoms with Gasteiger partial charge in [0.15, 0.2) is 0 Å². The minimum atomic E-state index is -1.09. The van der Waals surface area contributed by atoms with E-state index in [9.17, 15) is 14.7 Å². The molecule has 132 valence electrons. The Balaban J connectivity index is 2.31. The summed E-state index contributed by atoms with van der Waals surface area (Å²) in [7, 11) is 0. The third-order valence-corrected chi connectivity index (χ3v) is 3.47. The van der Waals surface area contributed by atoms with E-state index >= 15 is 0 Å². The fourth-order valence-corrected chi connectivity index (χ4v) is 2.38. The quantitative estimate of drug-likeness (QED) is 0.807. The zero-order valence-corrected chi connectivity index (χ0v) is 14.3. The third kappa shape index (κ3) is 5.06. The molecule has 0 unspecified atom stereocenters. The van der Waals surface area contributed by atoms with Gasteiger partial charge >= 0.3 is 5.97 Å². The number of aliphatic carboxylic acids is 1. The molecule has 2 aromatic carbocycles. The molecule has 0 saturated heterocycles. The van der Waals surface area contributed by atoms with Crippen molar-refractivity contribution < 1.29 is 19.4 Å². The van der Waals surface area contributed by atoms with Crippen LogP contribution in [-0.4, -0.2) is 29.6 Å². The molecule has 3 N–H and O–H groups in total. The average molecular weight is 342 g/mol. The molecule has 0 fully saturated rings. The summed E-state index contributed by atoms with van der Waals surface area (Å²) in [6.45, 7) is 3.70. The van der Waals surface area contributed by atoms with Crippen LogP contribution in [0, 0.1) is 0 Å². The fourth-order valence-electron chi connectivity index (χ4n) is 2.38. The van der Waals surface area contributed by atoms with E-state index in [0.29, 0.717) is 23.5 Å². The van der Waals surface area contributed by atoms with Crippen molar-refractivity contribution in [2.75, 3.05) is 11.4 Å². The fraction of sp³-hybridized carbons (Fsp3) is 0.263. The van der Waals surface area contributed by atoms with E-state index in [4.69, 9.17) is 10.5 Å². The molecule has 0 aliphatic rings. The second kappa shape index (κ2) is 8.30. The van der Waals surface area contributed by atoms with Gasteiger partial charge in [-0.05, 0) is 55.8 Å². The van der Waals surface area contributed by atoms with E-state index in [1.807, 2.05) is 19.9 Å². The lowest BCUT2D eigenvalue weighted by Gasteiger charge is -2.22. The van der Waals surface area contributed by atoms with Gasteiger partial charge in [-0.1, -0.05) is 12.1 Å². The number of nitrogens with zero attached hydrogens (tertiary/aromatic N) is 1. The first kappa shape index (κ1) is 18.5. The normalized spacial score (nSPS) is 10.6.